The van der Waals surface area contributed by atoms with Gasteiger partial charge in [-0.15, -0.1) is 0 Å². The van der Waals surface area contributed by atoms with Crippen molar-refractivity contribution in [2.75, 3.05) is 41.8 Å². The monoisotopic (exact) mass is 718 g/mol. The van der Waals surface area contributed by atoms with Gasteiger partial charge in [0.2, 0.25) is 17.7 Å². The average molecular weight is 720 g/mol. The third-order valence-electron chi connectivity index (χ3n) is 9.89. The number of fused-ring (bicyclic) bond motifs is 1. The van der Waals surface area contributed by atoms with E-state index >= 15 is 0 Å². The molecule has 3 amide bonds. The zero-order chi connectivity index (χ0) is 34.0. The predicted molar refractivity (Wildman–Crippen MR) is 188 cm³/mol. The van der Waals surface area contributed by atoms with Gasteiger partial charge in [0.25, 0.3) is 0 Å². The van der Waals surface area contributed by atoms with Gasteiger partial charge >= 0.3 is 0 Å². The number of nitrogens with zero attached hydrogens (tertiary/aromatic N) is 2. The number of hydrogen-bond donors (Lipinski definition) is 3. The molecule has 254 valence electrons. The summed E-state index contributed by atoms with van der Waals surface area (Å²) in [7, 11) is 0. The Balaban J connectivity index is 1.33. The Morgan fingerprint density at radius 2 is 1.60 bits per heavy atom. The summed E-state index contributed by atoms with van der Waals surface area (Å²) in [6.07, 6.45) is 0.0762. The number of ether oxygens (including phenoxy) is 2. The van der Waals surface area contributed by atoms with Crippen molar-refractivity contribution in [1.82, 2.24) is 4.90 Å². The van der Waals surface area contributed by atoms with Gasteiger partial charge in [-0.2, -0.15) is 0 Å². The van der Waals surface area contributed by atoms with Crippen LogP contribution in [-0.2, 0) is 25.5 Å². The molecule has 0 aliphatic carbocycles. The second kappa shape index (κ2) is 14.3. The minimum Gasteiger partial charge on any atom is -0.494 e. The highest BCUT2D eigenvalue weighted by Gasteiger charge is 2.77. The van der Waals surface area contributed by atoms with Gasteiger partial charge in [-0.1, -0.05) is 46.3 Å². The number of carbonyl (C=O) groups is 3. The van der Waals surface area contributed by atoms with Gasteiger partial charge in [-0.3, -0.25) is 14.4 Å². The first-order chi connectivity index (χ1) is 23.2. The zero-order valence-corrected chi connectivity index (χ0v) is 29.1. The number of hydrogen-bond acceptors (Lipinski definition) is 7. The second-order valence-electron chi connectivity index (χ2n) is 12.6. The van der Waals surface area contributed by atoms with Crippen molar-refractivity contribution in [3.8, 4) is 5.75 Å². The number of halogens is 1. The van der Waals surface area contributed by atoms with E-state index in [1.165, 1.54) is 4.90 Å². The molecule has 3 aromatic rings. The average Bonchev–Trinajstić information content (AvgIpc) is 3.69. The lowest BCUT2D eigenvalue weighted by atomic mass is 9.70. The molecular formula is C37H43BrN4O6. The number of amides is 3. The van der Waals surface area contributed by atoms with Crippen molar-refractivity contribution in [2.45, 2.75) is 62.2 Å². The molecule has 6 rings (SSSR count). The molecule has 7 atom stereocenters. The van der Waals surface area contributed by atoms with Crippen LogP contribution in [0.15, 0.2) is 78.9 Å². The zero-order valence-electron chi connectivity index (χ0n) is 27.5. The van der Waals surface area contributed by atoms with Crippen LogP contribution in [-0.4, -0.2) is 82.6 Å². The smallest absolute Gasteiger partial charge is 0.250 e. The number of rotatable bonds is 13. The Morgan fingerprint density at radius 3 is 2.21 bits per heavy atom. The number of carbonyl (C=O) groups excluding carboxylic acids is 3. The molecule has 48 heavy (non-hydrogen) atoms. The summed E-state index contributed by atoms with van der Waals surface area (Å²) in [6.45, 7) is 7.95. The summed E-state index contributed by atoms with van der Waals surface area (Å²) < 4.78 is 12.2. The minimum atomic E-state index is -1.27. The van der Waals surface area contributed by atoms with E-state index in [9.17, 15) is 19.5 Å². The number of aliphatic hydroxyl groups excluding tert-OH is 1. The molecule has 3 fully saturated rings. The van der Waals surface area contributed by atoms with Gasteiger partial charge in [0.15, 0.2) is 0 Å². The van der Waals surface area contributed by atoms with Crippen molar-refractivity contribution in [2.24, 2.45) is 11.8 Å². The summed E-state index contributed by atoms with van der Waals surface area (Å²) >= 11 is 3.74. The largest absolute Gasteiger partial charge is 0.494 e. The number of alkyl halides is 1. The molecular weight excluding hydrogens is 676 g/mol. The van der Waals surface area contributed by atoms with E-state index in [-0.39, 0.29) is 23.2 Å². The molecule has 3 N–H and O–H groups in total. The first-order valence-corrected chi connectivity index (χ1v) is 17.6. The number of aliphatic hydroxyl groups is 1. The minimum absolute atomic E-state index is 0.261. The van der Waals surface area contributed by atoms with Crippen molar-refractivity contribution >= 4 is 50.7 Å². The van der Waals surface area contributed by atoms with Gasteiger partial charge in [0.05, 0.1) is 37.2 Å². The van der Waals surface area contributed by atoms with Crippen LogP contribution in [0.2, 0.25) is 0 Å². The summed E-state index contributed by atoms with van der Waals surface area (Å²) in [4.78, 5) is 46.6. The first-order valence-electron chi connectivity index (χ1n) is 16.7. The molecule has 3 aliphatic rings. The van der Waals surface area contributed by atoms with Gasteiger partial charge in [0, 0.05) is 35.0 Å². The Bertz CT molecular complexity index is 1600. The van der Waals surface area contributed by atoms with Crippen molar-refractivity contribution in [3.05, 3.63) is 84.4 Å². The maximum Gasteiger partial charge on any atom is 0.250 e. The summed E-state index contributed by atoms with van der Waals surface area (Å²) in [6, 6.07) is 22.4. The standard InChI is InChI=1S/C37H43BrN4O6/c1-4-41(5-2)26-16-12-24(13-17-26)40-35(45)33-37-21-29(38)32(48-37)30(34(44)39-25-14-18-28(19-15-25)47-6-3)31(37)36(46)42(33)27(22-43)20-23-10-8-7-9-11-23/h7-19,27,29-33,43H,4-6,20-22H2,1-3H3,(H,39,44)(H,40,45)/t27-,29?,30+,31+,32+,33?,37?/m1/s1. The van der Waals surface area contributed by atoms with Crippen molar-refractivity contribution < 1.29 is 29.0 Å². The van der Waals surface area contributed by atoms with E-state index in [4.69, 9.17) is 9.47 Å². The van der Waals surface area contributed by atoms with E-state index in [2.05, 4.69) is 45.3 Å². The molecule has 0 aromatic heterocycles. The Kier molecular flexibility index (Phi) is 10.1. The van der Waals surface area contributed by atoms with Crippen molar-refractivity contribution in [3.63, 3.8) is 0 Å². The fourth-order valence-corrected chi connectivity index (χ4v) is 8.72. The SMILES string of the molecule is CCOc1ccc(NC(=O)[C@H]2[C@H]3C(=O)N([C@@H](CO)Cc4ccccc4)C(C(=O)Nc4ccc(N(CC)CC)cc4)C34CC(Br)[C@@H]2O4)cc1. The molecule has 0 saturated carbocycles. The fourth-order valence-electron chi connectivity index (χ4n) is 7.78. The van der Waals surface area contributed by atoms with Crippen LogP contribution in [0.3, 0.4) is 0 Å². The van der Waals surface area contributed by atoms with Crippen LogP contribution in [0.25, 0.3) is 0 Å². The maximum atomic E-state index is 14.6. The Morgan fingerprint density at radius 1 is 0.979 bits per heavy atom. The van der Waals surface area contributed by atoms with Gasteiger partial charge in [-0.05, 0) is 87.7 Å². The Hall–Kier alpha value is -3.93. The lowest BCUT2D eigenvalue weighted by Gasteiger charge is -2.37. The highest BCUT2D eigenvalue weighted by atomic mass is 79.9. The molecule has 3 aliphatic heterocycles. The van der Waals surface area contributed by atoms with Gasteiger partial charge < -0.3 is 35.0 Å². The normalized spacial score (nSPS) is 26.2. The molecule has 10 nitrogen and oxygen atoms in total. The third kappa shape index (κ3) is 6.19. The first kappa shape index (κ1) is 34.0. The molecule has 3 aromatic carbocycles. The number of benzene rings is 3. The maximum absolute atomic E-state index is 14.6. The van der Waals surface area contributed by atoms with Crippen LogP contribution >= 0.6 is 15.9 Å². The molecule has 1 spiro atoms. The third-order valence-corrected chi connectivity index (χ3v) is 10.7. The van der Waals surface area contributed by atoms with E-state index in [1.807, 2.05) is 61.5 Å². The molecule has 3 saturated heterocycles. The molecule has 11 heteroatoms. The Labute approximate surface area is 289 Å². The second-order valence-corrected chi connectivity index (χ2v) is 13.8. The quantitative estimate of drug-likeness (QED) is 0.216. The van der Waals surface area contributed by atoms with E-state index in [0.717, 1.165) is 24.3 Å². The van der Waals surface area contributed by atoms with Crippen LogP contribution in [0.1, 0.15) is 32.8 Å². The summed E-state index contributed by atoms with van der Waals surface area (Å²) in [5, 5.41) is 16.7. The number of anilines is 3. The van der Waals surface area contributed by atoms with Crippen molar-refractivity contribution in [1.29, 1.82) is 0 Å². The lowest BCUT2D eigenvalue weighted by molar-refractivity contribution is -0.143. The molecule has 2 bridgehead atoms. The molecule has 0 radical (unpaired) electrons. The lowest BCUT2D eigenvalue weighted by Crippen LogP contribution is -2.57. The van der Waals surface area contributed by atoms with Crippen LogP contribution in [0.5, 0.6) is 5.75 Å². The molecule has 3 heterocycles. The fraction of sp³-hybridized carbons (Fsp3) is 0.432. The van der Waals surface area contributed by atoms with Crippen LogP contribution in [0, 0.1) is 11.8 Å². The highest BCUT2D eigenvalue weighted by molar-refractivity contribution is 9.09. The summed E-state index contributed by atoms with van der Waals surface area (Å²) in [5.74, 6) is -2.22. The molecule has 3 unspecified atom stereocenters. The highest BCUT2D eigenvalue weighted by Crippen LogP contribution is 2.60. The van der Waals surface area contributed by atoms with Crippen LogP contribution < -0.4 is 20.3 Å². The van der Waals surface area contributed by atoms with E-state index in [0.29, 0.717) is 36.6 Å². The van der Waals surface area contributed by atoms with Crippen LogP contribution in [0.4, 0.5) is 17.1 Å². The summed E-state index contributed by atoms with van der Waals surface area (Å²) in [5.41, 5.74) is 1.83. The topological polar surface area (TPSA) is 120 Å². The van der Waals surface area contributed by atoms with Gasteiger partial charge in [0.1, 0.15) is 17.4 Å². The number of nitrogens with one attached hydrogen (secondary N) is 2. The van der Waals surface area contributed by atoms with E-state index in [1.54, 1.807) is 24.3 Å². The van der Waals surface area contributed by atoms with Gasteiger partial charge in [-0.25, -0.2) is 0 Å². The predicted octanol–water partition coefficient (Wildman–Crippen LogP) is 4.86. The van der Waals surface area contributed by atoms with E-state index < -0.39 is 41.5 Å². The number of likely N-dealkylation sites (tertiary alicyclic amines) is 1.